The van der Waals surface area contributed by atoms with Crippen molar-refractivity contribution in [3.8, 4) is 0 Å². The molecule has 0 bridgehead atoms. The summed E-state index contributed by atoms with van der Waals surface area (Å²) >= 11 is 0. The van der Waals surface area contributed by atoms with Gasteiger partial charge in [0.25, 0.3) is 10.0 Å². The molecule has 6 nitrogen and oxygen atoms in total. The number of aromatic nitrogens is 2. The van der Waals surface area contributed by atoms with Crippen LogP contribution in [0.2, 0.25) is 0 Å². The monoisotopic (exact) mass is 287 g/mol. The number of imidazole rings is 1. The van der Waals surface area contributed by atoms with E-state index >= 15 is 0 Å². The summed E-state index contributed by atoms with van der Waals surface area (Å²) in [5.41, 5.74) is -0.857. The fourth-order valence-corrected chi connectivity index (χ4v) is 4.05. The Kier molecular flexibility index (Phi) is 3.72. The van der Waals surface area contributed by atoms with Gasteiger partial charge in [-0.3, -0.25) is 0 Å². The Morgan fingerprint density at radius 3 is 2.53 bits per heavy atom. The van der Waals surface area contributed by atoms with E-state index in [9.17, 15) is 13.5 Å². The zero-order chi connectivity index (χ0) is 14.3. The van der Waals surface area contributed by atoms with Crippen molar-refractivity contribution in [3.05, 3.63) is 12.0 Å². The summed E-state index contributed by atoms with van der Waals surface area (Å²) in [7, 11) is -3.56. The van der Waals surface area contributed by atoms with Crippen LogP contribution in [-0.4, -0.2) is 46.1 Å². The van der Waals surface area contributed by atoms with Gasteiger partial charge < -0.3 is 9.67 Å². The number of nitrogens with zero attached hydrogens (tertiary/aromatic N) is 3. The normalized spacial score (nSPS) is 19.4. The van der Waals surface area contributed by atoms with Crippen LogP contribution in [0.1, 0.15) is 32.5 Å². The number of hydrogen-bond acceptors (Lipinski definition) is 4. The SMILES string of the molecule is CCCC1(O)CN(S(=O)(=O)c2cn(CC)c(C)n2)C1. The fraction of sp³-hybridized carbons (Fsp3) is 0.750. The minimum absolute atomic E-state index is 0.0744. The summed E-state index contributed by atoms with van der Waals surface area (Å²) in [5.74, 6) is 0.686. The molecule has 1 saturated heterocycles. The lowest BCUT2D eigenvalue weighted by Crippen LogP contribution is -2.63. The standard InChI is InChI=1S/C12H21N3O3S/c1-4-6-12(16)8-15(9-12)19(17,18)11-7-14(5-2)10(3)13-11/h7,16H,4-6,8-9H2,1-3H3. The van der Waals surface area contributed by atoms with Gasteiger partial charge in [-0.15, -0.1) is 0 Å². The minimum Gasteiger partial charge on any atom is -0.387 e. The van der Waals surface area contributed by atoms with Crippen LogP contribution < -0.4 is 0 Å². The first-order valence-corrected chi connectivity index (χ1v) is 8.02. The van der Waals surface area contributed by atoms with Crippen molar-refractivity contribution in [2.24, 2.45) is 0 Å². The largest absolute Gasteiger partial charge is 0.387 e. The first kappa shape index (κ1) is 14.5. The van der Waals surface area contributed by atoms with Gasteiger partial charge in [-0.05, 0) is 20.3 Å². The van der Waals surface area contributed by atoms with E-state index in [0.717, 1.165) is 6.42 Å². The van der Waals surface area contributed by atoms with Crippen LogP contribution in [-0.2, 0) is 16.6 Å². The zero-order valence-corrected chi connectivity index (χ0v) is 12.4. The Hall–Kier alpha value is -0.920. The van der Waals surface area contributed by atoms with Crippen LogP contribution >= 0.6 is 0 Å². The quantitative estimate of drug-likeness (QED) is 0.867. The van der Waals surface area contributed by atoms with Crippen molar-refractivity contribution in [1.82, 2.24) is 13.9 Å². The third-order valence-electron chi connectivity index (χ3n) is 3.56. The maximum Gasteiger partial charge on any atom is 0.262 e. The number of aliphatic hydroxyl groups is 1. The molecule has 108 valence electrons. The van der Waals surface area contributed by atoms with E-state index in [4.69, 9.17) is 0 Å². The molecule has 2 heterocycles. The third-order valence-corrected chi connectivity index (χ3v) is 5.22. The summed E-state index contributed by atoms with van der Waals surface area (Å²) in [5, 5.41) is 10.1. The molecule has 0 radical (unpaired) electrons. The van der Waals surface area contributed by atoms with Crippen molar-refractivity contribution in [2.45, 2.75) is 50.8 Å². The predicted molar refractivity (Wildman–Crippen MR) is 71.3 cm³/mol. The molecule has 0 saturated carbocycles. The summed E-state index contributed by atoms with van der Waals surface area (Å²) in [6, 6.07) is 0. The summed E-state index contributed by atoms with van der Waals surface area (Å²) in [6.07, 6.45) is 3.03. The highest BCUT2D eigenvalue weighted by Crippen LogP contribution is 2.30. The molecule has 0 amide bonds. The molecular weight excluding hydrogens is 266 g/mol. The molecule has 0 atom stereocenters. The van der Waals surface area contributed by atoms with Crippen LogP contribution in [0.3, 0.4) is 0 Å². The van der Waals surface area contributed by atoms with E-state index in [-0.39, 0.29) is 18.1 Å². The molecule has 0 unspecified atom stereocenters. The Labute approximate surface area is 114 Å². The van der Waals surface area contributed by atoms with E-state index in [1.165, 1.54) is 4.31 Å². The molecule has 1 aromatic heterocycles. The summed E-state index contributed by atoms with van der Waals surface area (Å²) in [6.45, 7) is 6.72. The van der Waals surface area contributed by atoms with Crippen molar-refractivity contribution in [3.63, 3.8) is 0 Å². The van der Waals surface area contributed by atoms with Crippen molar-refractivity contribution < 1.29 is 13.5 Å². The molecule has 1 aliphatic heterocycles. The molecule has 1 aliphatic rings. The van der Waals surface area contributed by atoms with Crippen LogP contribution in [0.15, 0.2) is 11.2 Å². The lowest BCUT2D eigenvalue weighted by molar-refractivity contribution is -0.0654. The number of β-amino-alcohol motifs (C(OH)–C–C–N with tert-alkyl or cyclic N) is 1. The zero-order valence-electron chi connectivity index (χ0n) is 11.6. The van der Waals surface area contributed by atoms with E-state index in [2.05, 4.69) is 4.98 Å². The highest BCUT2D eigenvalue weighted by atomic mass is 32.2. The van der Waals surface area contributed by atoms with Crippen molar-refractivity contribution >= 4 is 10.0 Å². The average molecular weight is 287 g/mol. The predicted octanol–water partition coefficient (Wildman–Crippen LogP) is 0.747. The molecule has 0 aromatic carbocycles. The second kappa shape index (κ2) is 4.88. The highest BCUT2D eigenvalue weighted by Gasteiger charge is 2.47. The Morgan fingerprint density at radius 1 is 1.42 bits per heavy atom. The molecule has 0 spiro atoms. The topological polar surface area (TPSA) is 75.4 Å². The van der Waals surface area contributed by atoms with Crippen LogP contribution in [0, 0.1) is 6.92 Å². The van der Waals surface area contributed by atoms with E-state index < -0.39 is 15.6 Å². The maximum absolute atomic E-state index is 12.3. The van der Waals surface area contributed by atoms with Gasteiger partial charge in [0.05, 0.1) is 5.60 Å². The number of rotatable bonds is 5. The van der Waals surface area contributed by atoms with Gasteiger partial charge in [-0.1, -0.05) is 13.3 Å². The van der Waals surface area contributed by atoms with Crippen LogP contribution in [0.4, 0.5) is 0 Å². The molecule has 7 heteroatoms. The van der Waals surface area contributed by atoms with Gasteiger partial charge in [0, 0.05) is 25.8 Å². The van der Waals surface area contributed by atoms with E-state index in [0.29, 0.717) is 18.8 Å². The van der Waals surface area contributed by atoms with Crippen molar-refractivity contribution in [1.29, 1.82) is 0 Å². The van der Waals surface area contributed by atoms with E-state index in [1.807, 2.05) is 13.8 Å². The van der Waals surface area contributed by atoms with Crippen LogP contribution in [0.25, 0.3) is 0 Å². The second-order valence-electron chi connectivity index (χ2n) is 5.16. The summed E-state index contributed by atoms with van der Waals surface area (Å²) < 4.78 is 27.7. The van der Waals surface area contributed by atoms with Gasteiger partial charge in [0.1, 0.15) is 5.82 Å². The fourth-order valence-electron chi connectivity index (χ4n) is 2.46. The first-order chi connectivity index (χ1) is 8.82. The van der Waals surface area contributed by atoms with Gasteiger partial charge in [-0.25, -0.2) is 13.4 Å². The minimum atomic E-state index is -3.56. The first-order valence-electron chi connectivity index (χ1n) is 6.58. The highest BCUT2D eigenvalue weighted by molar-refractivity contribution is 7.89. The molecule has 19 heavy (non-hydrogen) atoms. The van der Waals surface area contributed by atoms with Gasteiger partial charge in [-0.2, -0.15) is 4.31 Å². The van der Waals surface area contributed by atoms with E-state index in [1.54, 1.807) is 17.7 Å². The van der Waals surface area contributed by atoms with Gasteiger partial charge in [0.15, 0.2) is 5.03 Å². The van der Waals surface area contributed by atoms with Crippen LogP contribution in [0.5, 0.6) is 0 Å². The maximum atomic E-state index is 12.3. The molecule has 1 fully saturated rings. The molecule has 2 rings (SSSR count). The Bertz CT molecular complexity index is 559. The van der Waals surface area contributed by atoms with Gasteiger partial charge >= 0.3 is 0 Å². The number of sulfonamides is 1. The average Bonchev–Trinajstić information content (AvgIpc) is 2.68. The lowest BCUT2D eigenvalue weighted by atomic mass is 9.92. The number of hydrogen-bond donors (Lipinski definition) is 1. The number of aryl methyl sites for hydroxylation is 2. The lowest BCUT2D eigenvalue weighted by Gasteiger charge is -2.44. The molecule has 0 aliphatic carbocycles. The smallest absolute Gasteiger partial charge is 0.262 e. The summed E-state index contributed by atoms with van der Waals surface area (Å²) in [4.78, 5) is 4.10. The Morgan fingerprint density at radius 2 is 2.05 bits per heavy atom. The third kappa shape index (κ3) is 2.54. The molecular formula is C12H21N3O3S. The van der Waals surface area contributed by atoms with Gasteiger partial charge in [0.2, 0.25) is 0 Å². The molecule has 1 N–H and O–H groups in total. The molecule has 1 aromatic rings. The second-order valence-corrected chi connectivity index (χ2v) is 7.04. The Balaban J connectivity index is 2.16. The van der Waals surface area contributed by atoms with Crippen molar-refractivity contribution in [2.75, 3.05) is 13.1 Å².